The number of hydrogen-bond acceptors (Lipinski definition) is 5. The van der Waals surface area contributed by atoms with E-state index in [0.29, 0.717) is 30.4 Å². The summed E-state index contributed by atoms with van der Waals surface area (Å²) in [6.45, 7) is 1.66. The summed E-state index contributed by atoms with van der Waals surface area (Å²) in [6, 6.07) is 3.72. The predicted molar refractivity (Wildman–Crippen MR) is 83.0 cm³/mol. The Morgan fingerprint density at radius 3 is 3.22 bits per heavy atom. The number of carbonyl (C=O) groups is 1. The minimum Gasteiger partial charge on any atom is -0.479 e. The molecule has 2 aromatic heterocycles. The van der Waals surface area contributed by atoms with E-state index in [1.165, 1.54) is 0 Å². The van der Waals surface area contributed by atoms with E-state index in [0.717, 1.165) is 38.0 Å². The molecule has 23 heavy (non-hydrogen) atoms. The van der Waals surface area contributed by atoms with Gasteiger partial charge in [-0.15, -0.1) is 0 Å². The SMILES string of the molecule is COc1cc(CCC(=O)N2CCC[C@H](Cc3ccn[nH]3)C2)on1. The first-order valence-corrected chi connectivity index (χ1v) is 8.00. The molecule has 1 aliphatic rings. The number of ether oxygens (including phenoxy) is 1. The molecule has 0 unspecified atom stereocenters. The first kappa shape index (κ1) is 15.6. The zero-order valence-corrected chi connectivity index (χ0v) is 13.3. The number of aromatic amines is 1. The molecule has 7 nitrogen and oxygen atoms in total. The van der Waals surface area contributed by atoms with Crippen LogP contribution in [0.5, 0.6) is 5.88 Å². The molecule has 1 saturated heterocycles. The van der Waals surface area contributed by atoms with Crippen molar-refractivity contribution in [3.63, 3.8) is 0 Å². The Labute approximate surface area is 135 Å². The molecule has 7 heteroatoms. The maximum absolute atomic E-state index is 12.4. The summed E-state index contributed by atoms with van der Waals surface area (Å²) < 4.78 is 10.1. The summed E-state index contributed by atoms with van der Waals surface area (Å²) in [5, 5.41) is 10.7. The molecule has 3 rings (SSSR count). The molecule has 1 aliphatic heterocycles. The number of carbonyl (C=O) groups excluding carboxylic acids is 1. The number of rotatable bonds is 6. The number of H-pyrrole nitrogens is 1. The van der Waals surface area contributed by atoms with Gasteiger partial charge >= 0.3 is 0 Å². The van der Waals surface area contributed by atoms with Crippen LogP contribution in [0, 0.1) is 5.92 Å². The van der Waals surface area contributed by atoms with E-state index in [9.17, 15) is 4.79 Å². The summed E-state index contributed by atoms with van der Waals surface area (Å²) in [5.74, 6) is 1.81. The number of likely N-dealkylation sites (tertiary alicyclic amines) is 1. The van der Waals surface area contributed by atoms with Gasteiger partial charge in [0.05, 0.1) is 7.11 Å². The van der Waals surface area contributed by atoms with E-state index < -0.39 is 0 Å². The molecule has 0 spiro atoms. The van der Waals surface area contributed by atoms with Crippen molar-refractivity contribution in [3.8, 4) is 5.88 Å². The van der Waals surface area contributed by atoms with Crippen molar-refractivity contribution >= 4 is 5.91 Å². The number of methoxy groups -OCH3 is 1. The third kappa shape index (κ3) is 4.12. The lowest BCUT2D eigenvalue weighted by molar-refractivity contribution is -0.133. The average Bonchev–Trinajstić information content (AvgIpc) is 3.24. The van der Waals surface area contributed by atoms with E-state index in [1.54, 1.807) is 19.4 Å². The molecule has 0 aromatic carbocycles. The Hall–Kier alpha value is -2.31. The first-order chi connectivity index (χ1) is 11.2. The lowest BCUT2D eigenvalue weighted by Crippen LogP contribution is -2.40. The third-order valence-electron chi connectivity index (χ3n) is 4.27. The normalized spacial score (nSPS) is 18.1. The van der Waals surface area contributed by atoms with Crippen molar-refractivity contribution in [1.82, 2.24) is 20.3 Å². The monoisotopic (exact) mass is 318 g/mol. The van der Waals surface area contributed by atoms with Crippen LogP contribution in [0.4, 0.5) is 0 Å². The third-order valence-corrected chi connectivity index (χ3v) is 4.27. The second kappa shape index (κ2) is 7.30. The highest BCUT2D eigenvalue weighted by atomic mass is 16.5. The fourth-order valence-electron chi connectivity index (χ4n) is 3.06. The predicted octanol–water partition coefficient (Wildman–Crippen LogP) is 1.82. The highest BCUT2D eigenvalue weighted by molar-refractivity contribution is 5.76. The highest BCUT2D eigenvalue weighted by Crippen LogP contribution is 2.21. The Bertz CT molecular complexity index is 623. The second-order valence-corrected chi connectivity index (χ2v) is 5.97. The summed E-state index contributed by atoms with van der Waals surface area (Å²) in [6.07, 6.45) is 5.92. The van der Waals surface area contributed by atoms with Gasteiger partial charge in [0.25, 0.3) is 5.88 Å². The molecular weight excluding hydrogens is 296 g/mol. The van der Waals surface area contributed by atoms with E-state index in [-0.39, 0.29) is 5.91 Å². The molecule has 3 heterocycles. The van der Waals surface area contributed by atoms with Crippen molar-refractivity contribution in [2.24, 2.45) is 5.92 Å². The van der Waals surface area contributed by atoms with Crippen molar-refractivity contribution in [1.29, 1.82) is 0 Å². The van der Waals surface area contributed by atoms with Crippen LogP contribution in [0.15, 0.2) is 22.9 Å². The van der Waals surface area contributed by atoms with Crippen LogP contribution < -0.4 is 4.74 Å². The number of amides is 1. The molecule has 1 N–H and O–H groups in total. The van der Waals surface area contributed by atoms with Crippen LogP contribution in [0.25, 0.3) is 0 Å². The number of aromatic nitrogens is 3. The summed E-state index contributed by atoms with van der Waals surface area (Å²) >= 11 is 0. The van der Waals surface area contributed by atoms with Crippen LogP contribution >= 0.6 is 0 Å². The summed E-state index contributed by atoms with van der Waals surface area (Å²) in [7, 11) is 1.54. The van der Waals surface area contributed by atoms with Gasteiger partial charge in [-0.25, -0.2) is 0 Å². The van der Waals surface area contributed by atoms with Crippen LogP contribution in [0.2, 0.25) is 0 Å². The van der Waals surface area contributed by atoms with Crippen molar-refractivity contribution in [2.45, 2.75) is 32.1 Å². The van der Waals surface area contributed by atoms with Crippen molar-refractivity contribution in [2.75, 3.05) is 20.2 Å². The van der Waals surface area contributed by atoms with Gasteiger partial charge in [-0.05, 0) is 36.4 Å². The Kier molecular flexibility index (Phi) is 4.95. The second-order valence-electron chi connectivity index (χ2n) is 5.97. The smallest absolute Gasteiger partial charge is 0.254 e. The molecule has 1 fully saturated rings. The van der Waals surface area contributed by atoms with E-state index in [1.807, 2.05) is 11.0 Å². The molecule has 1 amide bonds. The van der Waals surface area contributed by atoms with Gasteiger partial charge in [0, 0.05) is 43.9 Å². The Morgan fingerprint density at radius 2 is 2.48 bits per heavy atom. The van der Waals surface area contributed by atoms with Crippen molar-refractivity contribution in [3.05, 3.63) is 29.8 Å². The largest absolute Gasteiger partial charge is 0.479 e. The number of aryl methyl sites for hydroxylation is 1. The number of hydrogen-bond donors (Lipinski definition) is 1. The van der Waals surface area contributed by atoms with Crippen LogP contribution in [-0.4, -0.2) is 46.4 Å². The molecule has 0 radical (unpaired) electrons. The average molecular weight is 318 g/mol. The zero-order chi connectivity index (χ0) is 16.1. The lowest BCUT2D eigenvalue weighted by atomic mass is 9.93. The number of nitrogens with zero attached hydrogens (tertiary/aromatic N) is 3. The summed E-state index contributed by atoms with van der Waals surface area (Å²) in [4.78, 5) is 14.4. The molecule has 124 valence electrons. The Balaban J connectivity index is 1.48. The van der Waals surface area contributed by atoms with Crippen LogP contribution in [0.3, 0.4) is 0 Å². The van der Waals surface area contributed by atoms with Gasteiger partial charge in [-0.2, -0.15) is 5.10 Å². The lowest BCUT2D eigenvalue weighted by Gasteiger charge is -2.32. The maximum atomic E-state index is 12.4. The number of piperidine rings is 1. The Morgan fingerprint density at radius 1 is 1.57 bits per heavy atom. The summed E-state index contributed by atoms with van der Waals surface area (Å²) in [5.41, 5.74) is 1.14. The quantitative estimate of drug-likeness (QED) is 0.878. The van der Waals surface area contributed by atoms with Crippen LogP contribution in [0.1, 0.15) is 30.7 Å². The van der Waals surface area contributed by atoms with E-state index in [4.69, 9.17) is 9.26 Å². The van der Waals surface area contributed by atoms with E-state index >= 15 is 0 Å². The molecule has 2 aromatic rings. The highest BCUT2D eigenvalue weighted by Gasteiger charge is 2.24. The van der Waals surface area contributed by atoms with Gasteiger partial charge in [0.2, 0.25) is 5.91 Å². The van der Waals surface area contributed by atoms with Crippen molar-refractivity contribution < 1.29 is 14.1 Å². The molecule has 0 bridgehead atoms. The standard InChI is InChI=1S/C16H22N4O3/c1-22-15-10-14(23-19-15)4-5-16(21)20-8-2-3-12(11-20)9-13-6-7-17-18-13/h6-7,10,12H,2-5,8-9,11H2,1H3,(H,17,18)/t12-/m1/s1. The van der Waals surface area contributed by atoms with Gasteiger partial charge < -0.3 is 14.2 Å². The fraction of sp³-hybridized carbons (Fsp3) is 0.562. The minimum absolute atomic E-state index is 0.176. The topological polar surface area (TPSA) is 84.2 Å². The van der Waals surface area contributed by atoms with Crippen LogP contribution in [-0.2, 0) is 17.6 Å². The zero-order valence-electron chi connectivity index (χ0n) is 13.3. The first-order valence-electron chi connectivity index (χ1n) is 8.00. The number of nitrogens with one attached hydrogen (secondary N) is 1. The molecule has 0 saturated carbocycles. The van der Waals surface area contributed by atoms with Gasteiger partial charge in [-0.1, -0.05) is 0 Å². The van der Waals surface area contributed by atoms with Gasteiger partial charge in [-0.3, -0.25) is 9.89 Å². The molecular formula is C16H22N4O3. The minimum atomic E-state index is 0.176. The van der Waals surface area contributed by atoms with E-state index in [2.05, 4.69) is 15.4 Å². The van der Waals surface area contributed by atoms with Gasteiger partial charge in [0.15, 0.2) is 0 Å². The fourth-order valence-corrected chi connectivity index (χ4v) is 3.06. The maximum Gasteiger partial charge on any atom is 0.254 e. The molecule has 1 atom stereocenters. The van der Waals surface area contributed by atoms with Gasteiger partial charge in [0.1, 0.15) is 5.76 Å². The molecule has 0 aliphatic carbocycles.